The lowest BCUT2D eigenvalue weighted by atomic mass is 10.1. The van der Waals surface area contributed by atoms with Gasteiger partial charge >= 0.3 is 0 Å². The molecule has 2 aromatic heterocycles. The number of aromatic amines is 1. The third kappa shape index (κ3) is 6.34. The Balaban J connectivity index is 1.40. The number of piperazine rings is 1. The van der Waals surface area contributed by atoms with Crippen LogP contribution < -0.4 is 25.6 Å². The maximum atomic E-state index is 14.0. The van der Waals surface area contributed by atoms with Gasteiger partial charge in [-0.3, -0.25) is 9.69 Å². The van der Waals surface area contributed by atoms with Crippen molar-refractivity contribution in [3.8, 4) is 5.75 Å². The molecule has 1 amide bonds. The van der Waals surface area contributed by atoms with Gasteiger partial charge in [-0.1, -0.05) is 0 Å². The summed E-state index contributed by atoms with van der Waals surface area (Å²) in [6.45, 7) is 8.18. The van der Waals surface area contributed by atoms with E-state index in [0.717, 1.165) is 37.9 Å². The fourth-order valence-corrected chi connectivity index (χ4v) is 4.89. The summed E-state index contributed by atoms with van der Waals surface area (Å²) in [4.78, 5) is 29.8. The number of aliphatic hydroxyl groups is 1. The number of aliphatic hydroxyl groups excluding tert-OH is 1. The van der Waals surface area contributed by atoms with Crippen LogP contribution in [0, 0.1) is 5.82 Å². The molecule has 1 aliphatic heterocycles. The monoisotopic (exact) mass is 562 g/mol. The molecule has 0 saturated carbocycles. The average molecular weight is 563 g/mol. The van der Waals surface area contributed by atoms with Crippen molar-refractivity contribution in [2.45, 2.75) is 19.9 Å². The molecule has 0 bridgehead atoms. The number of rotatable bonds is 10. The molecule has 216 valence electrons. The van der Waals surface area contributed by atoms with E-state index in [4.69, 9.17) is 9.84 Å². The van der Waals surface area contributed by atoms with Crippen molar-refractivity contribution in [2.75, 3.05) is 62.0 Å². The van der Waals surface area contributed by atoms with Crippen LogP contribution in [0.5, 0.6) is 5.75 Å². The zero-order chi connectivity index (χ0) is 28.9. The van der Waals surface area contributed by atoms with E-state index < -0.39 is 11.7 Å². The highest BCUT2D eigenvalue weighted by Crippen LogP contribution is 2.33. The highest BCUT2D eigenvalue weighted by atomic mass is 19.1. The maximum Gasteiger partial charge on any atom is 0.253 e. The van der Waals surface area contributed by atoms with Gasteiger partial charge in [-0.05, 0) is 50.2 Å². The molecule has 1 fully saturated rings. The Morgan fingerprint density at radius 2 is 1.85 bits per heavy atom. The highest BCUT2D eigenvalue weighted by molar-refractivity contribution is 6.01. The molecule has 5 N–H and O–H groups in total. The maximum absolute atomic E-state index is 14.0. The Morgan fingerprint density at radius 3 is 2.59 bits per heavy atom. The number of hydrogen-bond donors (Lipinski definition) is 5. The van der Waals surface area contributed by atoms with Gasteiger partial charge in [-0.2, -0.15) is 9.97 Å². The number of nitrogens with one attached hydrogen (secondary N) is 4. The Labute approximate surface area is 237 Å². The minimum atomic E-state index is -0.557. The summed E-state index contributed by atoms with van der Waals surface area (Å²) >= 11 is 0. The number of hydrogen-bond acceptors (Lipinski definition) is 9. The van der Waals surface area contributed by atoms with Crippen LogP contribution in [0.4, 0.5) is 33.2 Å². The number of benzene rings is 2. The second-order valence-electron chi connectivity index (χ2n) is 10.1. The molecule has 0 atom stereocenters. The van der Waals surface area contributed by atoms with E-state index in [-0.39, 0.29) is 18.7 Å². The molecule has 1 saturated heterocycles. The van der Waals surface area contributed by atoms with Gasteiger partial charge in [0.25, 0.3) is 5.91 Å². The van der Waals surface area contributed by atoms with E-state index in [1.807, 2.05) is 18.2 Å². The quantitative estimate of drug-likeness (QED) is 0.196. The van der Waals surface area contributed by atoms with E-state index in [2.05, 4.69) is 60.6 Å². The molecule has 0 radical (unpaired) electrons. The standard InChI is InChI=1S/C29H35FN8O3/c1-18(2)37-11-13-38(14-12-37)20-5-7-24(25(17-20)41-3)34-29-35-26-21(8-9-31-26)27(36-29)33-23-6-4-19(30)16-22(23)28(40)32-10-15-39/h4-9,16-18,39H,10-15H2,1-3H3,(H,32,40)(H3,31,33,34,35,36). The van der Waals surface area contributed by atoms with Crippen molar-refractivity contribution in [2.24, 2.45) is 0 Å². The lowest BCUT2D eigenvalue weighted by Crippen LogP contribution is -2.48. The Morgan fingerprint density at radius 1 is 1.07 bits per heavy atom. The molecule has 5 rings (SSSR count). The fourth-order valence-electron chi connectivity index (χ4n) is 4.89. The van der Waals surface area contributed by atoms with Gasteiger partial charge in [0.1, 0.15) is 23.0 Å². The Bertz CT molecular complexity index is 1520. The average Bonchev–Trinajstić information content (AvgIpc) is 3.46. The number of fused-ring (bicyclic) bond motifs is 1. The second-order valence-corrected chi connectivity index (χ2v) is 10.1. The zero-order valence-corrected chi connectivity index (χ0v) is 23.4. The topological polar surface area (TPSA) is 131 Å². The van der Waals surface area contributed by atoms with Crippen molar-refractivity contribution in [1.82, 2.24) is 25.2 Å². The lowest BCUT2D eigenvalue weighted by Gasteiger charge is -2.38. The molecule has 41 heavy (non-hydrogen) atoms. The van der Waals surface area contributed by atoms with Gasteiger partial charge in [0.15, 0.2) is 0 Å². The summed E-state index contributed by atoms with van der Waals surface area (Å²) in [6, 6.07) is 12.2. The fraction of sp³-hybridized carbons (Fsp3) is 0.345. The molecule has 1 aliphatic rings. The molecule has 0 spiro atoms. The van der Waals surface area contributed by atoms with Crippen LogP contribution in [0.2, 0.25) is 0 Å². The van der Waals surface area contributed by atoms with Crippen molar-refractivity contribution in [1.29, 1.82) is 0 Å². The van der Waals surface area contributed by atoms with Gasteiger partial charge in [-0.25, -0.2) is 4.39 Å². The molecule has 0 aliphatic carbocycles. The van der Waals surface area contributed by atoms with Crippen molar-refractivity contribution < 1.29 is 19.0 Å². The molecule has 0 unspecified atom stereocenters. The Hall–Kier alpha value is -4.42. The van der Waals surface area contributed by atoms with Crippen LogP contribution in [0.25, 0.3) is 11.0 Å². The number of methoxy groups -OCH3 is 1. The number of carbonyl (C=O) groups is 1. The number of carbonyl (C=O) groups excluding carboxylic acids is 1. The van der Waals surface area contributed by atoms with Crippen LogP contribution in [0.3, 0.4) is 0 Å². The smallest absolute Gasteiger partial charge is 0.253 e. The number of nitrogens with zero attached hydrogens (tertiary/aromatic N) is 4. The van der Waals surface area contributed by atoms with E-state index in [1.165, 1.54) is 12.1 Å². The van der Waals surface area contributed by atoms with Crippen molar-refractivity contribution in [3.05, 3.63) is 60.0 Å². The second kappa shape index (κ2) is 12.4. The summed E-state index contributed by atoms with van der Waals surface area (Å²) in [5, 5.41) is 18.7. The van der Waals surface area contributed by atoms with E-state index >= 15 is 0 Å². The van der Waals surface area contributed by atoms with Crippen LogP contribution >= 0.6 is 0 Å². The minimum Gasteiger partial charge on any atom is -0.494 e. The van der Waals surface area contributed by atoms with Crippen molar-refractivity contribution >= 4 is 45.8 Å². The van der Waals surface area contributed by atoms with Gasteiger partial charge in [0, 0.05) is 56.7 Å². The molecule has 12 heteroatoms. The third-order valence-electron chi connectivity index (χ3n) is 7.13. The number of amides is 1. The van der Waals surface area contributed by atoms with Crippen molar-refractivity contribution in [3.63, 3.8) is 0 Å². The summed E-state index contributed by atoms with van der Waals surface area (Å²) < 4.78 is 19.7. The third-order valence-corrected chi connectivity index (χ3v) is 7.13. The summed E-state index contributed by atoms with van der Waals surface area (Å²) in [6.07, 6.45) is 1.74. The number of H-pyrrole nitrogens is 1. The summed E-state index contributed by atoms with van der Waals surface area (Å²) in [5.74, 6) is 0.292. The number of anilines is 5. The molecule has 2 aromatic carbocycles. The van der Waals surface area contributed by atoms with Gasteiger partial charge < -0.3 is 35.7 Å². The van der Waals surface area contributed by atoms with Crippen LogP contribution in [-0.4, -0.2) is 83.3 Å². The van der Waals surface area contributed by atoms with E-state index in [1.54, 1.807) is 13.3 Å². The molecular weight excluding hydrogens is 527 g/mol. The minimum absolute atomic E-state index is 0.0488. The first-order valence-electron chi connectivity index (χ1n) is 13.6. The van der Waals surface area contributed by atoms with Gasteiger partial charge in [0.2, 0.25) is 5.95 Å². The normalized spacial score (nSPS) is 14.0. The Kier molecular flexibility index (Phi) is 8.50. The van der Waals surface area contributed by atoms with E-state index in [0.29, 0.717) is 46.0 Å². The molecule has 3 heterocycles. The molecule has 4 aromatic rings. The lowest BCUT2D eigenvalue weighted by molar-refractivity contribution is 0.0945. The number of ether oxygens (including phenoxy) is 1. The molecule has 11 nitrogen and oxygen atoms in total. The first-order valence-corrected chi connectivity index (χ1v) is 13.6. The summed E-state index contributed by atoms with van der Waals surface area (Å²) in [5.41, 5.74) is 2.79. The van der Waals surface area contributed by atoms with Crippen LogP contribution in [0.1, 0.15) is 24.2 Å². The molecular formula is C29H35FN8O3. The SMILES string of the molecule is COc1cc(N2CCN(C(C)C)CC2)ccc1Nc1nc(Nc2ccc(F)cc2C(=O)NCCO)c2cc[nH]c2n1. The first-order chi connectivity index (χ1) is 19.9. The van der Waals surface area contributed by atoms with Gasteiger partial charge in [-0.15, -0.1) is 0 Å². The number of halogens is 1. The van der Waals surface area contributed by atoms with Crippen LogP contribution in [0.15, 0.2) is 48.7 Å². The highest BCUT2D eigenvalue weighted by Gasteiger charge is 2.21. The summed E-state index contributed by atoms with van der Waals surface area (Å²) in [7, 11) is 1.63. The largest absolute Gasteiger partial charge is 0.494 e. The number of aromatic nitrogens is 3. The van der Waals surface area contributed by atoms with E-state index in [9.17, 15) is 9.18 Å². The first kappa shape index (κ1) is 28.1. The van der Waals surface area contributed by atoms with Crippen LogP contribution in [-0.2, 0) is 0 Å². The zero-order valence-electron chi connectivity index (χ0n) is 23.4. The predicted octanol–water partition coefficient (Wildman–Crippen LogP) is 3.85. The van der Waals surface area contributed by atoms with Gasteiger partial charge in [0.05, 0.1) is 36.0 Å². The predicted molar refractivity (Wildman–Crippen MR) is 158 cm³/mol.